The normalized spacial score (nSPS) is 21.6. The number of allylic oxidation sites excluding steroid dienone is 1. The van der Waals surface area contributed by atoms with Crippen molar-refractivity contribution in [1.82, 2.24) is 4.98 Å². The van der Waals surface area contributed by atoms with Gasteiger partial charge in [-0.05, 0) is 36.0 Å². The second-order valence-corrected chi connectivity index (χ2v) is 3.52. The molecule has 1 heteroatoms. The van der Waals surface area contributed by atoms with Crippen LogP contribution in [0.2, 0.25) is 0 Å². The maximum atomic E-state index is 4.11. The first-order valence-electron chi connectivity index (χ1n) is 4.45. The zero-order valence-electron chi connectivity index (χ0n) is 7.33. The standard InChI is InChI=1S/C11H13N/c1-9-3-2-4-11-8-12-6-5-10(11)7-9/h2,4-6,8-9H,3,7H2,1H3. The van der Waals surface area contributed by atoms with Gasteiger partial charge in [0.1, 0.15) is 0 Å². The van der Waals surface area contributed by atoms with Crippen molar-refractivity contribution in [2.24, 2.45) is 5.92 Å². The van der Waals surface area contributed by atoms with Gasteiger partial charge in [0.25, 0.3) is 0 Å². The molecule has 1 aliphatic rings. The Morgan fingerprint density at radius 3 is 3.33 bits per heavy atom. The van der Waals surface area contributed by atoms with Crippen LogP contribution in [-0.4, -0.2) is 4.98 Å². The Bertz CT molecular complexity index is 302. The molecule has 0 amide bonds. The summed E-state index contributed by atoms with van der Waals surface area (Å²) in [7, 11) is 0. The Morgan fingerprint density at radius 1 is 1.50 bits per heavy atom. The van der Waals surface area contributed by atoms with E-state index in [9.17, 15) is 0 Å². The van der Waals surface area contributed by atoms with E-state index in [1.54, 1.807) is 0 Å². The number of aromatic nitrogens is 1. The summed E-state index contributed by atoms with van der Waals surface area (Å²) >= 11 is 0. The van der Waals surface area contributed by atoms with Gasteiger partial charge < -0.3 is 0 Å². The molecule has 0 bridgehead atoms. The predicted molar refractivity (Wildman–Crippen MR) is 50.8 cm³/mol. The molecule has 62 valence electrons. The number of pyridine rings is 1. The average molecular weight is 159 g/mol. The van der Waals surface area contributed by atoms with E-state index in [2.05, 4.69) is 30.1 Å². The summed E-state index contributed by atoms with van der Waals surface area (Å²) in [6.07, 6.45) is 10.6. The zero-order chi connectivity index (χ0) is 8.39. The van der Waals surface area contributed by atoms with E-state index in [-0.39, 0.29) is 0 Å². The molecule has 0 N–H and O–H groups in total. The topological polar surface area (TPSA) is 12.9 Å². The summed E-state index contributed by atoms with van der Waals surface area (Å²) in [5.41, 5.74) is 2.73. The first kappa shape index (κ1) is 7.53. The summed E-state index contributed by atoms with van der Waals surface area (Å²) in [4.78, 5) is 4.11. The third kappa shape index (κ3) is 1.40. The van der Waals surface area contributed by atoms with Gasteiger partial charge in [0.05, 0.1) is 0 Å². The van der Waals surface area contributed by atoms with Crippen molar-refractivity contribution in [3.05, 3.63) is 35.7 Å². The van der Waals surface area contributed by atoms with Gasteiger partial charge >= 0.3 is 0 Å². The lowest BCUT2D eigenvalue weighted by molar-refractivity contribution is 0.594. The van der Waals surface area contributed by atoms with E-state index in [4.69, 9.17) is 0 Å². The highest BCUT2D eigenvalue weighted by molar-refractivity contribution is 5.53. The second kappa shape index (κ2) is 3.10. The lowest BCUT2D eigenvalue weighted by Gasteiger charge is -2.06. The van der Waals surface area contributed by atoms with Crippen LogP contribution in [0, 0.1) is 5.92 Å². The van der Waals surface area contributed by atoms with Gasteiger partial charge in [-0.25, -0.2) is 0 Å². The van der Waals surface area contributed by atoms with Gasteiger partial charge in [-0.1, -0.05) is 19.1 Å². The Labute approximate surface area is 73.1 Å². The molecule has 0 aromatic carbocycles. The zero-order valence-corrected chi connectivity index (χ0v) is 7.33. The first-order chi connectivity index (χ1) is 5.86. The van der Waals surface area contributed by atoms with E-state index in [0.29, 0.717) is 0 Å². The Kier molecular flexibility index (Phi) is 1.94. The molecular formula is C11H13N. The minimum absolute atomic E-state index is 0.768. The van der Waals surface area contributed by atoms with Crippen molar-refractivity contribution >= 4 is 6.08 Å². The van der Waals surface area contributed by atoms with Crippen LogP contribution in [0.25, 0.3) is 6.08 Å². The van der Waals surface area contributed by atoms with Gasteiger partial charge in [0.15, 0.2) is 0 Å². The summed E-state index contributed by atoms with van der Waals surface area (Å²) in [6.45, 7) is 2.29. The quantitative estimate of drug-likeness (QED) is 0.567. The van der Waals surface area contributed by atoms with Crippen LogP contribution < -0.4 is 0 Å². The predicted octanol–water partition coefficient (Wildman–Crippen LogP) is 2.68. The van der Waals surface area contributed by atoms with Crippen LogP contribution in [-0.2, 0) is 6.42 Å². The van der Waals surface area contributed by atoms with E-state index >= 15 is 0 Å². The monoisotopic (exact) mass is 159 g/mol. The molecule has 0 radical (unpaired) electrons. The summed E-state index contributed by atoms with van der Waals surface area (Å²) in [6, 6.07) is 2.13. The fourth-order valence-electron chi connectivity index (χ4n) is 1.66. The molecule has 0 aliphatic heterocycles. The number of rotatable bonds is 0. The lowest BCUT2D eigenvalue weighted by atomic mass is 9.99. The van der Waals surface area contributed by atoms with Gasteiger partial charge in [-0.3, -0.25) is 4.98 Å². The van der Waals surface area contributed by atoms with Crippen molar-refractivity contribution in [3.63, 3.8) is 0 Å². The van der Waals surface area contributed by atoms with Crippen LogP contribution in [0.15, 0.2) is 24.5 Å². The lowest BCUT2D eigenvalue weighted by Crippen LogP contribution is -1.97. The summed E-state index contributed by atoms with van der Waals surface area (Å²) < 4.78 is 0. The van der Waals surface area contributed by atoms with E-state index in [1.807, 2.05) is 12.4 Å². The molecule has 1 aromatic rings. The van der Waals surface area contributed by atoms with Crippen LogP contribution >= 0.6 is 0 Å². The SMILES string of the molecule is CC1CC=Cc2cnccc2C1. The Morgan fingerprint density at radius 2 is 2.42 bits per heavy atom. The van der Waals surface area contributed by atoms with E-state index < -0.39 is 0 Å². The average Bonchev–Trinajstić information content (AvgIpc) is 2.25. The molecule has 1 nitrogen and oxygen atoms in total. The highest BCUT2D eigenvalue weighted by Crippen LogP contribution is 2.20. The molecule has 12 heavy (non-hydrogen) atoms. The Hall–Kier alpha value is -1.11. The molecule has 1 atom stereocenters. The molecule has 0 fully saturated rings. The van der Waals surface area contributed by atoms with Crippen molar-refractivity contribution in [3.8, 4) is 0 Å². The molecule has 1 unspecified atom stereocenters. The number of hydrogen-bond acceptors (Lipinski definition) is 1. The fraction of sp³-hybridized carbons (Fsp3) is 0.364. The highest BCUT2D eigenvalue weighted by atomic mass is 14.6. The van der Waals surface area contributed by atoms with Gasteiger partial charge in [-0.15, -0.1) is 0 Å². The van der Waals surface area contributed by atoms with Crippen LogP contribution in [0.1, 0.15) is 24.5 Å². The summed E-state index contributed by atoms with van der Waals surface area (Å²) in [5, 5.41) is 0. The largest absolute Gasteiger partial charge is 0.264 e. The molecule has 0 spiro atoms. The van der Waals surface area contributed by atoms with Crippen LogP contribution in [0.4, 0.5) is 0 Å². The minimum atomic E-state index is 0.768. The van der Waals surface area contributed by atoms with Crippen LogP contribution in [0.3, 0.4) is 0 Å². The molecule has 0 saturated heterocycles. The van der Waals surface area contributed by atoms with Crippen molar-refractivity contribution in [2.75, 3.05) is 0 Å². The van der Waals surface area contributed by atoms with Crippen molar-refractivity contribution < 1.29 is 0 Å². The van der Waals surface area contributed by atoms with Crippen LogP contribution in [0.5, 0.6) is 0 Å². The molecule has 0 saturated carbocycles. The number of fused-ring (bicyclic) bond motifs is 1. The van der Waals surface area contributed by atoms with Crippen molar-refractivity contribution in [2.45, 2.75) is 19.8 Å². The van der Waals surface area contributed by atoms with Gasteiger partial charge in [0.2, 0.25) is 0 Å². The third-order valence-electron chi connectivity index (χ3n) is 2.35. The van der Waals surface area contributed by atoms with Gasteiger partial charge in [0, 0.05) is 12.4 Å². The molecule has 1 heterocycles. The third-order valence-corrected chi connectivity index (χ3v) is 2.35. The molecular weight excluding hydrogens is 146 g/mol. The smallest absolute Gasteiger partial charge is 0.0342 e. The van der Waals surface area contributed by atoms with Crippen molar-refractivity contribution in [1.29, 1.82) is 0 Å². The summed E-state index contributed by atoms with van der Waals surface area (Å²) in [5.74, 6) is 0.768. The molecule has 2 rings (SSSR count). The highest BCUT2D eigenvalue weighted by Gasteiger charge is 2.08. The molecule has 1 aromatic heterocycles. The second-order valence-electron chi connectivity index (χ2n) is 3.52. The Balaban J connectivity index is 2.41. The van der Waals surface area contributed by atoms with Gasteiger partial charge in [-0.2, -0.15) is 0 Å². The fourth-order valence-corrected chi connectivity index (χ4v) is 1.66. The first-order valence-corrected chi connectivity index (χ1v) is 4.45. The number of nitrogens with zero attached hydrogens (tertiary/aromatic N) is 1. The van der Waals surface area contributed by atoms with E-state index in [1.165, 1.54) is 24.0 Å². The number of hydrogen-bond donors (Lipinski definition) is 0. The van der Waals surface area contributed by atoms with E-state index in [0.717, 1.165) is 5.92 Å². The maximum Gasteiger partial charge on any atom is 0.0342 e. The molecule has 1 aliphatic carbocycles. The maximum absolute atomic E-state index is 4.11. The minimum Gasteiger partial charge on any atom is -0.264 e.